The van der Waals surface area contributed by atoms with Gasteiger partial charge in [0.15, 0.2) is 0 Å². The van der Waals surface area contributed by atoms with E-state index in [1.54, 1.807) is 24.3 Å². The van der Waals surface area contributed by atoms with Gasteiger partial charge < -0.3 is 9.84 Å². The van der Waals surface area contributed by atoms with Crippen molar-refractivity contribution in [2.24, 2.45) is 0 Å². The highest BCUT2D eigenvalue weighted by molar-refractivity contribution is 5.85. The standard InChI is InChI=1S/C12H10O4/c13-11(14)8-4-5-9-12(15)16-10-6-2-1-3-7-10/h1-9H,(H,13,14)/b8-4+,9-5+. The molecule has 1 aromatic rings. The molecule has 0 aromatic heterocycles. The molecule has 0 bridgehead atoms. The van der Waals surface area contributed by atoms with Crippen LogP contribution in [0.5, 0.6) is 5.75 Å². The van der Waals surface area contributed by atoms with Crippen molar-refractivity contribution in [1.82, 2.24) is 0 Å². The van der Waals surface area contributed by atoms with Gasteiger partial charge in [-0.1, -0.05) is 30.4 Å². The monoisotopic (exact) mass is 218 g/mol. The highest BCUT2D eigenvalue weighted by Gasteiger charge is 1.97. The minimum absolute atomic E-state index is 0.444. The second-order valence-electron chi connectivity index (χ2n) is 2.79. The predicted octanol–water partition coefficient (Wildman–Crippen LogP) is 1.79. The third kappa shape index (κ3) is 4.76. The molecule has 0 heterocycles. The van der Waals surface area contributed by atoms with E-state index in [4.69, 9.17) is 9.84 Å². The lowest BCUT2D eigenvalue weighted by molar-refractivity contribution is -0.131. The van der Waals surface area contributed by atoms with Crippen molar-refractivity contribution in [2.45, 2.75) is 0 Å². The zero-order valence-electron chi connectivity index (χ0n) is 8.37. The summed E-state index contributed by atoms with van der Waals surface area (Å²) in [6, 6.07) is 8.60. The van der Waals surface area contributed by atoms with E-state index in [1.165, 1.54) is 12.2 Å². The molecular formula is C12H10O4. The van der Waals surface area contributed by atoms with Gasteiger partial charge in [0.2, 0.25) is 0 Å². The fourth-order valence-electron chi connectivity index (χ4n) is 0.911. The van der Waals surface area contributed by atoms with E-state index >= 15 is 0 Å². The number of rotatable bonds is 4. The smallest absolute Gasteiger partial charge is 0.336 e. The summed E-state index contributed by atoms with van der Waals surface area (Å²) in [6.07, 6.45) is 4.62. The van der Waals surface area contributed by atoms with Crippen LogP contribution < -0.4 is 4.74 Å². The molecule has 0 atom stereocenters. The van der Waals surface area contributed by atoms with E-state index in [9.17, 15) is 9.59 Å². The number of carbonyl (C=O) groups is 2. The van der Waals surface area contributed by atoms with Crippen LogP contribution in [-0.2, 0) is 9.59 Å². The first-order chi connectivity index (χ1) is 7.68. The Morgan fingerprint density at radius 1 is 1.06 bits per heavy atom. The SMILES string of the molecule is O=C(O)/C=C/C=C/C(=O)Oc1ccccc1. The van der Waals surface area contributed by atoms with Gasteiger partial charge in [-0.25, -0.2) is 9.59 Å². The molecule has 0 aliphatic heterocycles. The minimum atomic E-state index is -1.07. The van der Waals surface area contributed by atoms with Crippen molar-refractivity contribution >= 4 is 11.9 Å². The first kappa shape index (κ1) is 11.7. The minimum Gasteiger partial charge on any atom is -0.478 e. The van der Waals surface area contributed by atoms with Gasteiger partial charge in [0.25, 0.3) is 0 Å². The summed E-state index contributed by atoms with van der Waals surface area (Å²) >= 11 is 0. The first-order valence-corrected chi connectivity index (χ1v) is 4.53. The fraction of sp³-hybridized carbons (Fsp3) is 0. The Morgan fingerprint density at radius 3 is 2.31 bits per heavy atom. The molecular weight excluding hydrogens is 208 g/mol. The molecule has 1 aromatic carbocycles. The molecule has 0 amide bonds. The van der Waals surface area contributed by atoms with E-state index in [0.717, 1.165) is 12.2 Å². The molecule has 16 heavy (non-hydrogen) atoms. The largest absolute Gasteiger partial charge is 0.478 e. The molecule has 82 valence electrons. The van der Waals surface area contributed by atoms with Crippen molar-refractivity contribution in [3.05, 3.63) is 54.6 Å². The molecule has 0 saturated heterocycles. The molecule has 0 spiro atoms. The normalized spacial score (nSPS) is 10.8. The summed E-state index contributed by atoms with van der Waals surface area (Å²) in [5.41, 5.74) is 0. The zero-order valence-corrected chi connectivity index (χ0v) is 8.37. The maximum absolute atomic E-state index is 11.2. The van der Waals surface area contributed by atoms with Gasteiger partial charge in [0.1, 0.15) is 5.75 Å². The summed E-state index contributed by atoms with van der Waals surface area (Å²) in [6.45, 7) is 0. The Hall–Kier alpha value is -2.36. The molecule has 0 saturated carbocycles. The van der Waals surface area contributed by atoms with Crippen LogP contribution in [0.3, 0.4) is 0 Å². The third-order valence-electron chi connectivity index (χ3n) is 1.54. The highest BCUT2D eigenvalue weighted by atomic mass is 16.5. The molecule has 0 unspecified atom stereocenters. The highest BCUT2D eigenvalue weighted by Crippen LogP contribution is 2.08. The van der Waals surface area contributed by atoms with Gasteiger partial charge in [-0.3, -0.25) is 0 Å². The number of carboxylic acid groups (broad SMARTS) is 1. The summed E-state index contributed by atoms with van der Waals surface area (Å²) < 4.78 is 4.91. The van der Waals surface area contributed by atoms with Gasteiger partial charge in [-0.15, -0.1) is 0 Å². The summed E-state index contributed by atoms with van der Waals surface area (Å²) in [4.78, 5) is 21.3. The van der Waals surface area contributed by atoms with Crippen LogP contribution in [-0.4, -0.2) is 17.0 Å². The second kappa shape index (κ2) is 6.19. The summed E-state index contributed by atoms with van der Waals surface area (Å²) in [5, 5.41) is 8.28. The van der Waals surface area contributed by atoms with Crippen LogP contribution in [0.15, 0.2) is 54.6 Å². The third-order valence-corrected chi connectivity index (χ3v) is 1.54. The Bertz CT molecular complexity index is 418. The van der Waals surface area contributed by atoms with E-state index in [0.29, 0.717) is 5.75 Å². The van der Waals surface area contributed by atoms with E-state index < -0.39 is 11.9 Å². The Morgan fingerprint density at radius 2 is 1.69 bits per heavy atom. The number of hydrogen-bond donors (Lipinski definition) is 1. The number of hydrogen-bond acceptors (Lipinski definition) is 3. The van der Waals surface area contributed by atoms with Gasteiger partial charge >= 0.3 is 11.9 Å². The van der Waals surface area contributed by atoms with E-state index in [1.807, 2.05) is 6.07 Å². The number of carbonyl (C=O) groups excluding carboxylic acids is 1. The summed E-state index contributed by atoms with van der Waals surface area (Å²) in [5.74, 6) is -1.18. The molecule has 1 rings (SSSR count). The van der Waals surface area contributed by atoms with Crippen molar-refractivity contribution in [2.75, 3.05) is 0 Å². The molecule has 1 N–H and O–H groups in total. The number of aliphatic carboxylic acids is 1. The van der Waals surface area contributed by atoms with Gasteiger partial charge in [-0.05, 0) is 12.1 Å². The lowest BCUT2D eigenvalue weighted by atomic mass is 10.3. The number of carboxylic acids is 1. The zero-order chi connectivity index (χ0) is 11.8. The maximum Gasteiger partial charge on any atom is 0.336 e. The average molecular weight is 218 g/mol. The van der Waals surface area contributed by atoms with E-state index in [2.05, 4.69) is 0 Å². The fourth-order valence-corrected chi connectivity index (χ4v) is 0.911. The lowest BCUT2D eigenvalue weighted by Crippen LogP contribution is -2.03. The molecule has 0 aliphatic rings. The first-order valence-electron chi connectivity index (χ1n) is 4.53. The van der Waals surface area contributed by atoms with Crippen LogP contribution >= 0.6 is 0 Å². The van der Waals surface area contributed by atoms with Gasteiger partial charge in [0, 0.05) is 12.2 Å². The molecule has 4 heteroatoms. The second-order valence-corrected chi connectivity index (χ2v) is 2.79. The van der Waals surface area contributed by atoms with Gasteiger partial charge in [0.05, 0.1) is 0 Å². The van der Waals surface area contributed by atoms with Crippen LogP contribution in [0, 0.1) is 0 Å². The van der Waals surface area contributed by atoms with Crippen LogP contribution in [0.4, 0.5) is 0 Å². The van der Waals surface area contributed by atoms with Crippen LogP contribution in [0.25, 0.3) is 0 Å². The quantitative estimate of drug-likeness (QED) is 0.362. The van der Waals surface area contributed by atoms with E-state index in [-0.39, 0.29) is 0 Å². The molecule has 0 fully saturated rings. The molecule has 0 radical (unpaired) electrons. The van der Waals surface area contributed by atoms with Crippen molar-refractivity contribution in [3.8, 4) is 5.75 Å². The van der Waals surface area contributed by atoms with Crippen LogP contribution in [0.1, 0.15) is 0 Å². The van der Waals surface area contributed by atoms with Crippen LogP contribution in [0.2, 0.25) is 0 Å². The number of para-hydroxylation sites is 1. The lowest BCUT2D eigenvalue weighted by Gasteiger charge is -1.98. The number of benzene rings is 1. The topological polar surface area (TPSA) is 63.6 Å². The Balaban J connectivity index is 2.45. The molecule has 4 nitrogen and oxygen atoms in total. The van der Waals surface area contributed by atoms with Crippen molar-refractivity contribution < 1.29 is 19.4 Å². The number of esters is 1. The van der Waals surface area contributed by atoms with Crippen molar-refractivity contribution in [3.63, 3.8) is 0 Å². The number of allylic oxidation sites excluding steroid dienone is 2. The average Bonchev–Trinajstić information content (AvgIpc) is 2.25. The summed E-state index contributed by atoms with van der Waals surface area (Å²) in [7, 11) is 0. The molecule has 0 aliphatic carbocycles. The Labute approximate surface area is 92.5 Å². The Kier molecular flexibility index (Phi) is 4.53. The van der Waals surface area contributed by atoms with Gasteiger partial charge in [-0.2, -0.15) is 0 Å². The number of ether oxygens (including phenoxy) is 1. The maximum atomic E-state index is 11.2. The van der Waals surface area contributed by atoms with Crippen molar-refractivity contribution in [1.29, 1.82) is 0 Å². The predicted molar refractivity (Wildman–Crippen MR) is 58.0 cm³/mol.